The topological polar surface area (TPSA) is 77.8 Å². The highest BCUT2D eigenvalue weighted by molar-refractivity contribution is 5.87. The first-order valence-corrected chi connectivity index (χ1v) is 7.44. The minimum atomic E-state index is -5.08. The van der Waals surface area contributed by atoms with Gasteiger partial charge in [-0.3, -0.25) is 4.90 Å². The van der Waals surface area contributed by atoms with Crippen LogP contribution in [0.3, 0.4) is 0 Å². The fraction of sp³-hybridized carbons (Fsp3) is 0.500. The second kappa shape index (κ2) is 8.68. The van der Waals surface area contributed by atoms with Crippen LogP contribution in [0.5, 0.6) is 0 Å². The van der Waals surface area contributed by atoms with E-state index in [1.54, 1.807) is 12.1 Å². The van der Waals surface area contributed by atoms with Crippen LogP contribution in [-0.2, 0) is 11.3 Å². The summed E-state index contributed by atoms with van der Waals surface area (Å²) in [4.78, 5) is 22.2. The molecule has 8 heteroatoms. The number of piperidine rings is 1. The average molecular weight is 347 g/mol. The highest BCUT2D eigenvalue weighted by atomic mass is 19.4. The molecule has 0 bridgehead atoms. The normalized spacial score (nSPS) is 16.2. The van der Waals surface area contributed by atoms with Gasteiger partial charge < -0.3 is 10.2 Å². The number of hydrogen-bond acceptors (Lipinski definition) is 3. The van der Waals surface area contributed by atoms with Crippen molar-refractivity contribution in [3.05, 3.63) is 35.4 Å². The summed E-state index contributed by atoms with van der Waals surface area (Å²) in [6.45, 7) is 5.41. The molecule has 0 unspecified atom stereocenters. The number of carboxylic acids is 2. The molecule has 0 radical (unpaired) electrons. The zero-order valence-corrected chi connectivity index (χ0v) is 13.2. The Bertz CT molecular complexity index is 567. The van der Waals surface area contributed by atoms with E-state index in [2.05, 4.69) is 11.8 Å². The van der Waals surface area contributed by atoms with Crippen LogP contribution in [0.4, 0.5) is 13.2 Å². The van der Waals surface area contributed by atoms with Crippen molar-refractivity contribution in [2.75, 3.05) is 13.1 Å². The number of benzene rings is 1. The first-order valence-electron chi connectivity index (χ1n) is 7.44. The van der Waals surface area contributed by atoms with E-state index in [9.17, 15) is 18.0 Å². The van der Waals surface area contributed by atoms with Crippen LogP contribution in [0.2, 0.25) is 0 Å². The summed E-state index contributed by atoms with van der Waals surface area (Å²) < 4.78 is 31.7. The third kappa shape index (κ3) is 6.99. The van der Waals surface area contributed by atoms with Crippen molar-refractivity contribution < 1.29 is 33.0 Å². The van der Waals surface area contributed by atoms with E-state index in [1.807, 2.05) is 12.1 Å². The van der Waals surface area contributed by atoms with Crippen molar-refractivity contribution in [3.8, 4) is 0 Å². The van der Waals surface area contributed by atoms with Crippen LogP contribution in [0.25, 0.3) is 0 Å². The lowest BCUT2D eigenvalue weighted by Gasteiger charge is -2.30. The molecule has 1 aromatic rings. The third-order valence-electron chi connectivity index (χ3n) is 3.70. The van der Waals surface area contributed by atoms with Crippen molar-refractivity contribution in [2.45, 2.75) is 32.5 Å². The van der Waals surface area contributed by atoms with Gasteiger partial charge in [0.05, 0.1) is 5.56 Å². The van der Waals surface area contributed by atoms with Crippen molar-refractivity contribution in [3.63, 3.8) is 0 Å². The summed E-state index contributed by atoms with van der Waals surface area (Å²) in [5, 5.41) is 16.1. The second-order valence-corrected chi connectivity index (χ2v) is 5.77. The standard InChI is InChI=1S/C14H19NO2.C2HF3O2/c1-11-5-7-15(8-6-11)10-12-3-2-4-13(9-12)14(16)17;3-2(4,5)1(6)7/h2-4,9,11H,5-8,10H2,1H3,(H,16,17);(H,6,7). The second-order valence-electron chi connectivity index (χ2n) is 5.77. The van der Waals surface area contributed by atoms with E-state index < -0.39 is 18.1 Å². The van der Waals surface area contributed by atoms with E-state index in [1.165, 1.54) is 12.8 Å². The van der Waals surface area contributed by atoms with Crippen LogP contribution in [-0.4, -0.2) is 46.3 Å². The lowest BCUT2D eigenvalue weighted by Crippen LogP contribution is -2.32. The van der Waals surface area contributed by atoms with Crippen molar-refractivity contribution in [2.24, 2.45) is 5.92 Å². The molecule has 0 atom stereocenters. The number of likely N-dealkylation sites (tertiary alicyclic amines) is 1. The largest absolute Gasteiger partial charge is 0.490 e. The van der Waals surface area contributed by atoms with E-state index in [4.69, 9.17) is 15.0 Å². The summed E-state index contributed by atoms with van der Waals surface area (Å²) in [7, 11) is 0. The molecule has 1 aliphatic heterocycles. The lowest BCUT2D eigenvalue weighted by atomic mass is 9.98. The maximum atomic E-state index is 10.9. The molecule has 0 spiro atoms. The van der Waals surface area contributed by atoms with Gasteiger partial charge >= 0.3 is 18.1 Å². The predicted molar refractivity (Wildman–Crippen MR) is 80.8 cm³/mol. The molecule has 2 N–H and O–H groups in total. The fourth-order valence-corrected chi connectivity index (χ4v) is 2.28. The smallest absolute Gasteiger partial charge is 0.478 e. The molecule has 1 saturated heterocycles. The molecular weight excluding hydrogens is 327 g/mol. The van der Waals surface area contributed by atoms with Gasteiger partial charge in [0.2, 0.25) is 0 Å². The Kier molecular flexibility index (Phi) is 7.21. The van der Waals surface area contributed by atoms with Gasteiger partial charge in [-0.2, -0.15) is 13.2 Å². The van der Waals surface area contributed by atoms with Gasteiger partial charge in [0.15, 0.2) is 0 Å². The molecule has 1 heterocycles. The van der Waals surface area contributed by atoms with Crippen molar-refractivity contribution in [1.29, 1.82) is 0 Å². The highest BCUT2D eigenvalue weighted by Gasteiger charge is 2.38. The summed E-state index contributed by atoms with van der Waals surface area (Å²) >= 11 is 0. The minimum absolute atomic E-state index is 0.382. The molecule has 2 rings (SSSR count). The van der Waals surface area contributed by atoms with Crippen LogP contribution in [0, 0.1) is 5.92 Å². The lowest BCUT2D eigenvalue weighted by molar-refractivity contribution is -0.192. The Morgan fingerprint density at radius 1 is 1.21 bits per heavy atom. The average Bonchev–Trinajstić information content (AvgIpc) is 2.49. The Morgan fingerprint density at radius 2 is 1.75 bits per heavy atom. The van der Waals surface area contributed by atoms with Crippen LogP contribution in [0.1, 0.15) is 35.7 Å². The van der Waals surface area contributed by atoms with Crippen LogP contribution >= 0.6 is 0 Å². The number of aromatic carboxylic acids is 1. The van der Waals surface area contributed by atoms with Gasteiger partial charge in [-0.25, -0.2) is 9.59 Å². The zero-order chi connectivity index (χ0) is 18.3. The van der Waals surface area contributed by atoms with Crippen LogP contribution < -0.4 is 0 Å². The molecule has 0 aromatic heterocycles. The van der Waals surface area contributed by atoms with Crippen LogP contribution in [0.15, 0.2) is 24.3 Å². The number of carbonyl (C=O) groups is 2. The van der Waals surface area contributed by atoms with Crippen molar-refractivity contribution >= 4 is 11.9 Å². The van der Waals surface area contributed by atoms with Gasteiger partial charge in [-0.05, 0) is 49.5 Å². The van der Waals surface area contributed by atoms with E-state index >= 15 is 0 Å². The number of hydrogen-bond donors (Lipinski definition) is 2. The quantitative estimate of drug-likeness (QED) is 0.878. The third-order valence-corrected chi connectivity index (χ3v) is 3.70. The Morgan fingerprint density at radius 3 is 2.21 bits per heavy atom. The van der Waals surface area contributed by atoms with Crippen molar-refractivity contribution in [1.82, 2.24) is 4.90 Å². The van der Waals surface area contributed by atoms with E-state index in [0.29, 0.717) is 5.56 Å². The minimum Gasteiger partial charge on any atom is -0.478 e. The van der Waals surface area contributed by atoms with Gasteiger partial charge in [0, 0.05) is 6.54 Å². The number of nitrogens with zero attached hydrogens (tertiary/aromatic N) is 1. The highest BCUT2D eigenvalue weighted by Crippen LogP contribution is 2.18. The SMILES string of the molecule is CC1CCN(Cc2cccc(C(=O)O)c2)CC1.O=C(O)C(F)(F)F. The van der Waals surface area contributed by atoms with Gasteiger partial charge in [-0.15, -0.1) is 0 Å². The first kappa shape index (κ1) is 20.0. The number of halogens is 3. The van der Waals surface area contributed by atoms with Gasteiger partial charge in [0.25, 0.3) is 0 Å². The molecule has 1 aliphatic rings. The molecule has 0 aliphatic carbocycles. The Balaban J connectivity index is 0.000000351. The number of rotatable bonds is 3. The molecule has 5 nitrogen and oxygen atoms in total. The van der Waals surface area contributed by atoms with Gasteiger partial charge in [-0.1, -0.05) is 19.1 Å². The maximum Gasteiger partial charge on any atom is 0.490 e. The molecule has 0 saturated carbocycles. The fourth-order valence-electron chi connectivity index (χ4n) is 2.28. The number of carboxylic acid groups (broad SMARTS) is 2. The van der Waals surface area contributed by atoms with E-state index in [-0.39, 0.29) is 0 Å². The van der Waals surface area contributed by atoms with Gasteiger partial charge in [0.1, 0.15) is 0 Å². The molecule has 24 heavy (non-hydrogen) atoms. The summed E-state index contributed by atoms with van der Waals surface area (Å²) in [6.07, 6.45) is -2.59. The number of aliphatic carboxylic acids is 1. The molecule has 1 aromatic carbocycles. The molecule has 0 amide bonds. The molecule has 134 valence electrons. The summed E-state index contributed by atoms with van der Waals surface area (Å²) in [5.74, 6) is -2.77. The summed E-state index contributed by atoms with van der Waals surface area (Å²) in [5.41, 5.74) is 1.48. The van der Waals surface area contributed by atoms with E-state index in [0.717, 1.165) is 31.1 Å². The zero-order valence-electron chi connectivity index (χ0n) is 13.2. The summed E-state index contributed by atoms with van der Waals surface area (Å²) in [6, 6.07) is 7.25. The molecular formula is C16H20F3NO4. The first-order chi connectivity index (χ1) is 11.1. The number of alkyl halides is 3. The Labute approximate surface area is 137 Å². The predicted octanol–water partition coefficient (Wildman–Crippen LogP) is 3.25. The maximum absolute atomic E-state index is 10.9. The monoisotopic (exact) mass is 347 g/mol. The molecule has 1 fully saturated rings. The Hall–Kier alpha value is -2.09.